The van der Waals surface area contributed by atoms with Crippen molar-refractivity contribution in [2.75, 3.05) is 5.32 Å². The van der Waals surface area contributed by atoms with Crippen LogP contribution in [0.1, 0.15) is 43.7 Å². The van der Waals surface area contributed by atoms with E-state index in [9.17, 15) is 4.79 Å². The molecule has 0 saturated heterocycles. The monoisotopic (exact) mass is 237 g/mol. The van der Waals surface area contributed by atoms with Gasteiger partial charge in [-0.3, -0.25) is 0 Å². The van der Waals surface area contributed by atoms with E-state index >= 15 is 0 Å². The molecule has 94 valence electrons. The van der Waals surface area contributed by atoms with Crippen LogP contribution in [0.2, 0.25) is 0 Å². The Labute approximate surface area is 101 Å². The second-order valence-electron chi connectivity index (χ2n) is 5.12. The number of hydrogen-bond donors (Lipinski definition) is 2. The van der Waals surface area contributed by atoms with Crippen LogP contribution in [0.15, 0.2) is 16.5 Å². The molecule has 1 aromatic heterocycles. The smallest absolute Gasteiger partial charge is 0.371 e. The first-order valence-electron chi connectivity index (χ1n) is 6.16. The Balaban J connectivity index is 1.98. The normalized spacial score (nSPS) is 28.9. The molecule has 0 aliphatic heterocycles. The zero-order valence-corrected chi connectivity index (χ0v) is 10.3. The lowest BCUT2D eigenvalue weighted by atomic mass is 9.80. The average Bonchev–Trinajstić information content (AvgIpc) is 2.71. The van der Waals surface area contributed by atoms with Crippen LogP contribution in [0, 0.1) is 11.8 Å². The van der Waals surface area contributed by atoms with Crippen molar-refractivity contribution in [2.24, 2.45) is 11.8 Å². The van der Waals surface area contributed by atoms with Gasteiger partial charge in [0.05, 0.1) is 0 Å². The Morgan fingerprint density at radius 1 is 1.41 bits per heavy atom. The zero-order valence-electron chi connectivity index (χ0n) is 10.3. The first-order valence-corrected chi connectivity index (χ1v) is 6.16. The fraction of sp³-hybridized carbons (Fsp3) is 0.615. The number of nitrogens with one attached hydrogen (secondary N) is 1. The molecule has 0 spiro atoms. The number of hydrogen-bond acceptors (Lipinski definition) is 3. The van der Waals surface area contributed by atoms with E-state index in [-0.39, 0.29) is 5.76 Å². The second kappa shape index (κ2) is 4.82. The lowest BCUT2D eigenvalue weighted by Crippen LogP contribution is -2.32. The molecule has 0 bridgehead atoms. The molecular weight excluding hydrogens is 218 g/mol. The number of anilines is 1. The third-order valence-corrected chi connectivity index (χ3v) is 3.58. The predicted molar refractivity (Wildman–Crippen MR) is 65.3 cm³/mol. The Bertz CT molecular complexity index is 399. The SMILES string of the molecule is CC1CCC(Nc2ccc(C(=O)O)o2)C(C)C1. The van der Waals surface area contributed by atoms with Crippen molar-refractivity contribution >= 4 is 11.9 Å². The molecule has 4 heteroatoms. The summed E-state index contributed by atoms with van der Waals surface area (Å²) in [5.74, 6) is 0.910. The quantitative estimate of drug-likeness (QED) is 0.847. The maximum atomic E-state index is 10.7. The highest BCUT2D eigenvalue weighted by atomic mass is 16.4. The number of carboxylic acid groups (broad SMARTS) is 1. The molecule has 1 aromatic rings. The molecule has 17 heavy (non-hydrogen) atoms. The van der Waals surface area contributed by atoms with E-state index in [0.717, 1.165) is 12.3 Å². The second-order valence-corrected chi connectivity index (χ2v) is 5.12. The molecule has 3 unspecified atom stereocenters. The van der Waals surface area contributed by atoms with Crippen molar-refractivity contribution < 1.29 is 14.3 Å². The Morgan fingerprint density at radius 3 is 2.76 bits per heavy atom. The zero-order chi connectivity index (χ0) is 12.4. The van der Waals surface area contributed by atoms with Crippen molar-refractivity contribution in [1.82, 2.24) is 0 Å². The van der Waals surface area contributed by atoms with E-state index in [0.29, 0.717) is 17.8 Å². The molecule has 2 N–H and O–H groups in total. The van der Waals surface area contributed by atoms with E-state index < -0.39 is 5.97 Å². The molecule has 1 saturated carbocycles. The summed E-state index contributed by atoms with van der Waals surface area (Å²) >= 11 is 0. The summed E-state index contributed by atoms with van der Waals surface area (Å²) in [7, 11) is 0. The molecule has 3 atom stereocenters. The van der Waals surface area contributed by atoms with Crippen LogP contribution < -0.4 is 5.32 Å². The van der Waals surface area contributed by atoms with Gasteiger partial charge >= 0.3 is 5.97 Å². The summed E-state index contributed by atoms with van der Waals surface area (Å²) in [6.07, 6.45) is 3.55. The third-order valence-electron chi connectivity index (χ3n) is 3.58. The van der Waals surface area contributed by atoms with Crippen molar-refractivity contribution in [3.05, 3.63) is 17.9 Å². The van der Waals surface area contributed by atoms with Gasteiger partial charge in [-0.1, -0.05) is 13.8 Å². The average molecular weight is 237 g/mol. The van der Waals surface area contributed by atoms with E-state index in [1.54, 1.807) is 6.07 Å². The van der Waals surface area contributed by atoms with E-state index in [2.05, 4.69) is 19.2 Å². The van der Waals surface area contributed by atoms with Crippen LogP contribution in [-0.4, -0.2) is 17.1 Å². The molecule has 4 nitrogen and oxygen atoms in total. The fourth-order valence-electron chi connectivity index (χ4n) is 2.59. The number of carbonyl (C=O) groups is 1. The number of rotatable bonds is 3. The molecule has 1 aliphatic rings. The molecule has 0 aromatic carbocycles. The number of aromatic carboxylic acids is 1. The van der Waals surface area contributed by atoms with Crippen molar-refractivity contribution in [3.63, 3.8) is 0 Å². The van der Waals surface area contributed by atoms with Crippen LogP contribution in [0.3, 0.4) is 0 Å². The Morgan fingerprint density at radius 2 is 2.18 bits per heavy atom. The highest BCUT2D eigenvalue weighted by Gasteiger charge is 2.25. The molecule has 1 heterocycles. The lowest BCUT2D eigenvalue weighted by molar-refractivity contribution is 0.0663. The van der Waals surface area contributed by atoms with Crippen molar-refractivity contribution in [1.29, 1.82) is 0 Å². The molecular formula is C13H19NO3. The Kier molecular flexibility index (Phi) is 3.41. The van der Waals surface area contributed by atoms with Gasteiger partial charge in [-0.05, 0) is 37.2 Å². The molecule has 2 rings (SSSR count). The summed E-state index contributed by atoms with van der Waals surface area (Å²) in [6.45, 7) is 4.51. The summed E-state index contributed by atoms with van der Waals surface area (Å²) in [5, 5.41) is 12.1. The van der Waals surface area contributed by atoms with Gasteiger partial charge < -0.3 is 14.8 Å². The van der Waals surface area contributed by atoms with Gasteiger partial charge in [0.15, 0.2) is 5.88 Å². The van der Waals surface area contributed by atoms with Gasteiger partial charge in [-0.2, -0.15) is 0 Å². The number of carboxylic acids is 1. The molecule has 1 aliphatic carbocycles. The summed E-state index contributed by atoms with van der Waals surface area (Å²) < 4.78 is 5.21. The van der Waals surface area contributed by atoms with Crippen LogP contribution >= 0.6 is 0 Å². The van der Waals surface area contributed by atoms with Crippen LogP contribution in [0.25, 0.3) is 0 Å². The maximum absolute atomic E-state index is 10.7. The minimum absolute atomic E-state index is 0.00988. The topological polar surface area (TPSA) is 62.5 Å². The van der Waals surface area contributed by atoms with Gasteiger partial charge in [0.1, 0.15) is 0 Å². The van der Waals surface area contributed by atoms with Gasteiger partial charge in [-0.25, -0.2) is 4.79 Å². The van der Waals surface area contributed by atoms with Crippen LogP contribution in [-0.2, 0) is 0 Å². The molecule has 0 amide bonds. The van der Waals surface area contributed by atoms with Gasteiger partial charge in [0, 0.05) is 12.1 Å². The van der Waals surface area contributed by atoms with E-state index in [1.807, 2.05) is 0 Å². The Hall–Kier alpha value is -1.45. The van der Waals surface area contributed by atoms with E-state index in [4.69, 9.17) is 9.52 Å². The maximum Gasteiger partial charge on any atom is 0.371 e. The summed E-state index contributed by atoms with van der Waals surface area (Å²) in [5.41, 5.74) is 0. The van der Waals surface area contributed by atoms with Crippen molar-refractivity contribution in [3.8, 4) is 0 Å². The van der Waals surface area contributed by atoms with Gasteiger partial charge in [-0.15, -0.1) is 0 Å². The minimum Gasteiger partial charge on any atom is -0.475 e. The highest BCUT2D eigenvalue weighted by Crippen LogP contribution is 2.31. The van der Waals surface area contributed by atoms with Crippen LogP contribution in [0.4, 0.5) is 5.88 Å². The highest BCUT2D eigenvalue weighted by molar-refractivity contribution is 5.84. The van der Waals surface area contributed by atoms with E-state index in [1.165, 1.54) is 18.9 Å². The molecule has 1 fully saturated rings. The first-order chi connectivity index (χ1) is 8.06. The molecule has 0 radical (unpaired) electrons. The largest absolute Gasteiger partial charge is 0.475 e. The minimum atomic E-state index is -1.02. The van der Waals surface area contributed by atoms with Gasteiger partial charge in [0.25, 0.3) is 0 Å². The van der Waals surface area contributed by atoms with Gasteiger partial charge in [0.2, 0.25) is 5.76 Å². The van der Waals surface area contributed by atoms with Crippen molar-refractivity contribution in [2.45, 2.75) is 39.2 Å². The fourth-order valence-corrected chi connectivity index (χ4v) is 2.59. The summed E-state index contributed by atoms with van der Waals surface area (Å²) in [6, 6.07) is 3.56. The number of furan rings is 1. The summed E-state index contributed by atoms with van der Waals surface area (Å²) in [4.78, 5) is 10.7. The standard InChI is InChI=1S/C13H19NO3/c1-8-3-4-10(9(2)7-8)14-12-6-5-11(17-12)13(15)16/h5-6,8-10,14H,3-4,7H2,1-2H3,(H,15,16). The van der Waals surface area contributed by atoms with Crippen LogP contribution in [0.5, 0.6) is 0 Å². The predicted octanol–water partition coefficient (Wildman–Crippen LogP) is 3.21. The first kappa shape index (κ1) is 12.0. The lowest BCUT2D eigenvalue weighted by Gasteiger charge is -2.32. The third kappa shape index (κ3) is 2.81.